The van der Waals surface area contributed by atoms with Crippen LogP contribution >= 0.6 is 0 Å². The van der Waals surface area contributed by atoms with Gasteiger partial charge in [0.15, 0.2) is 0 Å². The standard InChI is InChI=1S/C24H42N6O9/c1-22(2,3)37-16(31)25-10-13-28-19(34)29(14-11-26-17(32)38-23(4,5)6)21(36)30(20(28)35)15-12-27-18(33)39-24(7,8)9/h10-15H2,1-9H3,(H,25,31)(H,26,32)(H,27,33). The molecule has 1 aromatic rings. The van der Waals surface area contributed by atoms with Gasteiger partial charge in [-0.3, -0.25) is 0 Å². The molecule has 0 aliphatic heterocycles. The molecule has 0 atom stereocenters. The highest BCUT2D eigenvalue weighted by Gasteiger charge is 2.20. The Labute approximate surface area is 226 Å². The average Bonchev–Trinajstić information content (AvgIpc) is 2.71. The molecule has 15 nitrogen and oxygen atoms in total. The minimum atomic E-state index is -0.932. The summed E-state index contributed by atoms with van der Waals surface area (Å²) in [6, 6.07) is 0. The molecule has 0 aliphatic rings. The summed E-state index contributed by atoms with van der Waals surface area (Å²) in [6.07, 6.45) is -2.23. The van der Waals surface area contributed by atoms with Crippen LogP contribution in [0, 0.1) is 0 Å². The number of nitrogens with zero attached hydrogens (tertiary/aromatic N) is 3. The van der Waals surface area contributed by atoms with E-state index in [0.29, 0.717) is 0 Å². The number of alkyl carbamates (subject to hydrolysis) is 3. The lowest BCUT2D eigenvalue weighted by molar-refractivity contribution is 0.0515. The number of nitrogens with one attached hydrogen (secondary N) is 3. The third-order valence-electron chi connectivity index (χ3n) is 4.40. The first-order valence-corrected chi connectivity index (χ1v) is 12.6. The Morgan fingerprint density at radius 2 is 0.718 bits per heavy atom. The molecule has 15 heteroatoms. The lowest BCUT2D eigenvalue weighted by Crippen LogP contribution is -2.56. The van der Waals surface area contributed by atoms with Gasteiger partial charge in [-0.2, -0.15) is 0 Å². The zero-order valence-corrected chi connectivity index (χ0v) is 24.3. The fraction of sp³-hybridized carbons (Fsp3) is 0.750. The van der Waals surface area contributed by atoms with Crippen molar-refractivity contribution in [3.8, 4) is 0 Å². The molecule has 0 unspecified atom stereocenters. The van der Waals surface area contributed by atoms with E-state index in [0.717, 1.165) is 13.7 Å². The van der Waals surface area contributed by atoms with Crippen molar-refractivity contribution >= 4 is 18.3 Å². The van der Waals surface area contributed by atoms with E-state index in [1.807, 2.05) is 0 Å². The Hall–Kier alpha value is -3.78. The fourth-order valence-corrected chi connectivity index (χ4v) is 3.01. The van der Waals surface area contributed by atoms with E-state index in [4.69, 9.17) is 14.2 Å². The Balaban J connectivity index is 3.16. The number of hydrogen-bond acceptors (Lipinski definition) is 9. The Bertz CT molecular complexity index is 1020. The van der Waals surface area contributed by atoms with Crippen molar-refractivity contribution in [1.82, 2.24) is 29.7 Å². The van der Waals surface area contributed by atoms with Crippen LogP contribution in [0.2, 0.25) is 0 Å². The molecule has 0 bridgehead atoms. The number of ether oxygens (including phenoxy) is 3. The predicted octanol–water partition coefficient (Wildman–Crippen LogP) is 0.746. The van der Waals surface area contributed by atoms with Crippen molar-refractivity contribution in [2.24, 2.45) is 0 Å². The molecule has 0 radical (unpaired) electrons. The summed E-state index contributed by atoms with van der Waals surface area (Å²) in [5.41, 5.74) is -5.04. The summed E-state index contributed by atoms with van der Waals surface area (Å²) in [7, 11) is 0. The van der Waals surface area contributed by atoms with Crippen molar-refractivity contribution in [2.75, 3.05) is 19.6 Å². The first-order chi connectivity index (χ1) is 17.7. The van der Waals surface area contributed by atoms with Gasteiger partial charge in [-0.05, 0) is 62.3 Å². The molecule has 0 saturated heterocycles. The number of aromatic nitrogens is 3. The Kier molecular flexibility index (Phi) is 11.4. The maximum absolute atomic E-state index is 13.0. The van der Waals surface area contributed by atoms with Crippen LogP contribution in [-0.2, 0) is 33.8 Å². The van der Waals surface area contributed by atoms with Crippen molar-refractivity contribution in [1.29, 1.82) is 0 Å². The van der Waals surface area contributed by atoms with Crippen molar-refractivity contribution < 1.29 is 28.6 Å². The largest absolute Gasteiger partial charge is 0.444 e. The van der Waals surface area contributed by atoms with E-state index >= 15 is 0 Å². The third kappa shape index (κ3) is 12.5. The fourth-order valence-electron chi connectivity index (χ4n) is 3.01. The number of hydrogen-bond donors (Lipinski definition) is 3. The number of amides is 3. The molecule has 0 aromatic carbocycles. The van der Waals surface area contributed by atoms with E-state index in [2.05, 4.69) is 16.0 Å². The minimum Gasteiger partial charge on any atom is -0.444 e. The molecule has 0 spiro atoms. The average molecular weight is 559 g/mol. The summed E-state index contributed by atoms with van der Waals surface area (Å²) >= 11 is 0. The summed E-state index contributed by atoms with van der Waals surface area (Å²) in [6.45, 7) is 13.9. The van der Waals surface area contributed by atoms with Gasteiger partial charge in [-0.1, -0.05) is 0 Å². The minimum absolute atomic E-state index is 0.144. The Morgan fingerprint density at radius 1 is 0.513 bits per heavy atom. The van der Waals surface area contributed by atoms with Crippen LogP contribution in [0.3, 0.4) is 0 Å². The molecule has 1 aromatic heterocycles. The first kappa shape index (κ1) is 33.2. The lowest BCUT2D eigenvalue weighted by atomic mass is 10.2. The van der Waals surface area contributed by atoms with E-state index in [1.165, 1.54) is 0 Å². The lowest BCUT2D eigenvalue weighted by Gasteiger charge is -2.20. The van der Waals surface area contributed by atoms with Crippen LogP contribution in [0.5, 0.6) is 0 Å². The van der Waals surface area contributed by atoms with Crippen LogP contribution in [0.15, 0.2) is 14.4 Å². The highest BCUT2D eigenvalue weighted by atomic mass is 16.6. The maximum atomic E-state index is 13.0. The smallest absolute Gasteiger partial charge is 0.407 e. The van der Waals surface area contributed by atoms with Gasteiger partial charge in [0.1, 0.15) is 16.8 Å². The second-order valence-electron chi connectivity index (χ2n) is 11.6. The quantitative estimate of drug-likeness (QED) is 0.368. The topological polar surface area (TPSA) is 181 Å². The molecule has 222 valence electrons. The number of rotatable bonds is 9. The molecular formula is C24H42N6O9. The van der Waals surface area contributed by atoms with Crippen LogP contribution in [0.1, 0.15) is 62.3 Å². The SMILES string of the molecule is CC(C)(C)OC(=O)NCCn1c(=O)n(CCNC(=O)OC(C)(C)C)c(=O)n(CCNC(=O)OC(C)(C)C)c1=O. The highest BCUT2D eigenvalue weighted by molar-refractivity contribution is 5.68. The van der Waals surface area contributed by atoms with Crippen LogP contribution in [-0.4, -0.2) is 68.4 Å². The number of carbonyl (C=O) groups is 3. The van der Waals surface area contributed by atoms with Gasteiger partial charge in [0.2, 0.25) is 0 Å². The molecule has 0 aliphatic carbocycles. The monoisotopic (exact) mass is 558 g/mol. The van der Waals surface area contributed by atoms with Gasteiger partial charge in [0.05, 0.1) is 0 Å². The van der Waals surface area contributed by atoms with Gasteiger partial charge in [-0.25, -0.2) is 42.5 Å². The van der Waals surface area contributed by atoms with Gasteiger partial charge in [0, 0.05) is 39.3 Å². The Morgan fingerprint density at radius 3 is 0.897 bits per heavy atom. The van der Waals surface area contributed by atoms with E-state index in [-0.39, 0.29) is 39.3 Å². The summed E-state index contributed by atoms with van der Waals surface area (Å²) in [5, 5.41) is 7.36. The summed E-state index contributed by atoms with van der Waals surface area (Å²) in [5.74, 6) is 0. The normalized spacial score (nSPS) is 11.9. The van der Waals surface area contributed by atoms with Gasteiger partial charge < -0.3 is 30.2 Å². The van der Waals surface area contributed by atoms with E-state index in [1.54, 1.807) is 62.3 Å². The van der Waals surface area contributed by atoms with Crippen LogP contribution in [0.25, 0.3) is 0 Å². The van der Waals surface area contributed by atoms with Crippen molar-refractivity contribution in [2.45, 2.75) is 98.8 Å². The van der Waals surface area contributed by atoms with E-state index in [9.17, 15) is 28.8 Å². The highest BCUT2D eigenvalue weighted by Crippen LogP contribution is 2.07. The second-order valence-corrected chi connectivity index (χ2v) is 11.6. The van der Waals surface area contributed by atoms with Crippen molar-refractivity contribution in [3.05, 3.63) is 31.5 Å². The van der Waals surface area contributed by atoms with Gasteiger partial charge in [0.25, 0.3) is 0 Å². The molecular weight excluding hydrogens is 516 g/mol. The molecule has 1 rings (SSSR count). The molecule has 1 heterocycles. The zero-order chi connectivity index (χ0) is 30.2. The van der Waals surface area contributed by atoms with Crippen LogP contribution in [0.4, 0.5) is 14.4 Å². The van der Waals surface area contributed by atoms with E-state index < -0.39 is 52.2 Å². The van der Waals surface area contributed by atoms with Gasteiger partial charge >= 0.3 is 35.3 Å². The zero-order valence-electron chi connectivity index (χ0n) is 24.3. The van der Waals surface area contributed by atoms with Gasteiger partial charge in [-0.15, -0.1) is 0 Å². The summed E-state index contributed by atoms with van der Waals surface area (Å²) < 4.78 is 17.8. The maximum Gasteiger partial charge on any atom is 0.407 e. The van der Waals surface area contributed by atoms with Crippen LogP contribution < -0.4 is 33.0 Å². The first-order valence-electron chi connectivity index (χ1n) is 12.6. The van der Waals surface area contributed by atoms with Crippen molar-refractivity contribution in [3.63, 3.8) is 0 Å². The molecule has 3 N–H and O–H groups in total. The molecule has 0 saturated carbocycles. The number of carbonyl (C=O) groups excluding carboxylic acids is 3. The summed E-state index contributed by atoms with van der Waals surface area (Å²) in [4.78, 5) is 75.0. The molecule has 39 heavy (non-hydrogen) atoms. The predicted molar refractivity (Wildman–Crippen MR) is 142 cm³/mol. The molecule has 3 amide bonds. The second kappa shape index (κ2) is 13.3. The molecule has 0 fully saturated rings. The third-order valence-corrected chi connectivity index (χ3v) is 4.40.